The fourth-order valence-electron chi connectivity index (χ4n) is 1.51. The quantitative estimate of drug-likeness (QED) is 0.490. The SMILES string of the molecule is CCN1CCCC1C#CS(=O)(=O)Cl. The molecule has 0 bridgehead atoms. The van der Waals surface area contributed by atoms with E-state index < -0.39 is 9.05 Å². The van der Waals surface area contributed by atoms with Gasteiger partial charge < -0.3 is 0 Å². The van der Waals surface area contributed by atoms with Crippen LogP contribution in [0, 0.1) is 11.2 Å². The first-order valence-electron chi connectivity index (χ1n) is 4.24. The van der Waals surface area contributed by atoms with Gasteiger partial charge in [0, 0.05) is 15.9 Å². The molecule has 3 nitrogen and oxygen atoms in total. The lowest BCUT2D eigenvalue weighted by Crippen LogP contribution is -2.27. The number of likely N-dealkylation sites (tertiary alicyclic amines) is 1. The van der Waals surface area contributed by atoms with E-state index in [0.717, 1.165) is 25.9 Å². The van der Waals surface area contributed by atoms with Crippen LogP contribution in [-0.4, -0.2) is 32.4 Å². The zero-order valence-electron chi connectivity index (χ0n) is 7.46. The average Bonchev–Trinajstić information content (AvgIpc) is 2.46. The normalized spacial score (nSPS) is 24.0. The van der Waals surface area contributed by atoms with E-state index in [2.05, 4.69) is 16.1 Å². The molecule has 1 saturated heterocycles. The standard InChI is InChI=1S/C8H12ClNO2S/c1-2-10-6-3-4-8(10)5-7-13(9,11)12/h8H,2-4,6H2,1H3. The zero-order chi connectivity index (χ0) is 9.90. The number of nitrogens with zero attached hydrogens (tertiary/aromatic N) is 1. The third-order valence-electron chi connectivity index (χ3n) is 2.12. The Labute approximate surface area is 83.5 Å². The van der Waals surface area contributed by atoms with Gasteiger partial charge in [0.1, 0.15) is 0 Å². The first-order chi connectivity index (χ1) is 6.03. The highest BCUT2D eigenvalue weighted by Gasteiger charge is 2.20. The van der Waals surface area contributed by atoms with Gasteiger partial charge in [-0.3, -0.25) is 4.90 Å². The molecule has 0 aromatic heterocycles. The van der Waals surface area contributed by atoms with E-state index in [1.54, 1.807) is 0 Å². The Hall–Kier alpha value is -0.240. The molecule has 1 heterocycles. The van der Waals surface area contributed by atoms with Crippen molar-refractivity contribution in [1.29, 1.82) is 0 Å². The van der Waals surface area contributed by atoms with Crippen LogP contribution in [0.2, 0.25) is 0 Å². The van der Waals surface area contributed by atoms with Crippen molar-refractivity contribution in [2.75, 3.05) is 13.1 Å². The van der Waals surface area contributed by atoms with Crippen molar-refractivity contribution in [3.63, 3.8) is 0 Å². The predicted octanol–water partition coefficient (Wildman–Crippen LogP) is 1.00. The van der Waals surface area contributed by atoms with Gasteiger partial charge in [0.15, 0.2) is 0 Å². The van der Waals surface area contributed by atoms with Gasteiger partial charge in [0.2, 0.25) is 0 Å². The highest BCUT2D eigenvalue weighted by atomic mass is 35.7. The summed E-state index contributed by atoms with van der Waals surface area (Å²) in [6, 6.07) is 0.0681. The molecule has 13 heavy (non-hydrogen) atoms. The van der Waals surface area contributed by atoms with Crippen LogP contribution in [0.1, 0.15) is 19.8 Å². The largest absolute Gasteiger partial charge is 0.300 e. The summed E-state index contributed by atoms with van der Waals surface area (Å²) in [6.07, 6.45) is 2.02. The molecule has 1 atom stereocenters. The molecule has 0 spiro atoms. The fourth-order valence-corrected chi connectivity index (χ4v) is 1.92. The van der Waals surface area contributed by atoms with Crippen LogP contribution in [0.25, 0.3) is 0 Å². The van der Waals surface area contributed by atoms with Crippen LogP contribution >= 0.6 is 10.7 Å². The molecular formula is C8H12ClNO2S. The lowest BCUT2D eigenvalue weighted by Gasteiger charge is -2.16. The highest BCUT2D eigenvalue weighted by molar-refractivity contribution is 8.17. The van der Waals surface area contributed by atoms with Crippen molar-refractivity contribution >= 4 is 19.7 Å². The topological polar surface area (TPSA) is 37.4 Å². The van der Waals surface area contributed by atoms with Crippen molar-refractivity contribution in [2.45, 2.75) is 25.8 Å². The van der Waals surface area contributed by atoms with Gasteiger partial charge in [0.25, 0.3) is 0 Å². The second-order valence-electron chi connectivity index (χ2n) is 2.97. The maximum atomic E-state index is 10.6. The molecule has 0 radical (unpaired) electrons. The maximum Gasteiger partial charge on any atom is 0.300 e. The van der Waals surface area contributed by atoms with Crippen LogP contribution < -0.4 is 0 Å². The molecule has 1 aliphatic rings. The zero-order valence-corrected chi connectivity index (χ0v) is 9.03. The number of hydrogen-bond donors (Lipinski definition) is 0. The second kappa shape index (κ2) is 4.32. The smallest absolute Gasteiger partial charge is 0.290 e. The van der Waals surface area contributed by atoms with E-state index >= 15 is 0 Å². The Morgan fingerprint density at radius 1 is 1.62 bits per heavy atom. The summed E-state index contributed by atoms with van der Waals surface area (Å²) in [5, 5.41) is 2.07. The molecular weight excluding hydrogens is 210 g/mol. The summed E-state index contributed by atoms with van der Waals surface area (Å²) in [7, 11) is 1.32. The van der Waals surface area contributed by atoms with Gasteiger partial charge in [-0.05, 0) is 25.9 Å². The maximum absolute atomic E-state index is 10.6. The van der Waals surface area contributed by atoms with Gasteiger partial charge in [-0.1, -0.05) is 12.8 Å². The van der Waals surface area contributed by atoms with Gasteiger partial charge in [-0.15, -0.1) is 0 Å². The minimum absolute atomic E-state index is 0.0681. The summed E-state index contributed by atoms with van der Waals surface area (Å²) in [6.45, 7) is 3.94. The molecule has 74 valence electrons. The highest BCUT2D eigenvalue weighted by Crippen LogP contribution is 2.15. The van der Waals surface area contributed by atoms with E-state index in [1.807, 2.05) is 6.92 Å². The predicted molar refractivity (Wildman–Crippen MR) is 52.8 cm³/mol. The molecule has 5 heteroatoms. The molecule has 1 unspecified atom stereocenters. The first-order valence-corrected chi connectivity index (χ1v) is 6.55. The van der Waals surface area contributed by atoms with Crippen LogP contribution in [0.4, 0.5) is 0 Å². The number of rotatable bonds is 1. The van der Waals surface area contributed by atoms with Gasteiger partial charge in [0.05, 0.1) is 6.04 Å². The van der Waals surface area contributed by atoms with Crippen LogP contribution in [0.5, 0.6) is 0 Å². The summed E-state index contributed by atoms with van der Waals surface area (Å²) in [5.41, 5.74) is 0. The van der Waals surface area contributed by atoms with E-state index in [1.165, 1.54) is 0 Å². The molecule has 0 saturated carbocycles. The van der Waals surface area contributed by atoms with Crippen molar-refractivity contribution < 1.29 is 8.42 Å². The molecule has 0 aromatic rings. The Kier molecular flexibility index (Phi) is 3.60. The summed E-state index contributed by atoms with van der Waals surface area (Å²) in [4.78, 5) is 2.15. The minimum Gasteiger partial charge on any atom is -0.290 e. The Bertz CT molecular complexity index is 328. The molecule has 0 amide bonds. The molecule has 1 aliphatic heterocycles. The van der Waals surface area contributed by atoms with Gasteiger partial charge >= 0.3 is 9.05 Å². The Morgan fingerprint density at radius 2 is 2.31 bits per heavy atom. The van der Waals surface area contributed by atoms with Gasteiger partial charge in [-0.2, -0.15) is 8.42 Å². The third kappa shape index (κ3) is 3.55. The van der Waals surface area contributed by atoms with Crippen LogP contribution in [0.3, 0.4) is 0 Å². The monoisotopic (exact) mass is 221 g/mol. The average molecular weight is 222 g/mol. The van der Waals surface area contributed by atoms with Crippen molar-refractivity contribution in [2.24, 2.45) is 0 Å². The summed E-state index contributed by atoms with van der Waals surface area (Å²) < 4.78 is 21.1. The number of halogens is 1. The molecule has 0 aliphatic carbocycles. The lowest BCUT2D eigenvalue weighted by atomic mass is 10.2. The minimum atomic E-state index is -3.66. The summed E-state index contributed by atoms with van der Waals surface area (Å²) in [5.74, 6) is 2.68. The van der Waals surface area contributed by atoms with Crippen LogP contribution in [0.15, 0.2) is 0 Å². The Balaban J connectivity index is 2.67. The van der Waals surface area contributed by atoms with E-state index in [9.17, 15) is 8.42 Å². The molecule has 1 rings (SSSR count). The van der Waals surface area contributed by atoms with E-state index in [0.29, 0.717) is 0 Å². The third-order valence-corrected chi connectivity index (χ3v) is 2.71. The Morgan fingerprint density at radius 3 is 2.85 bits per heavy atom. The molecule has 0 N–H and O–H groups in total. The van der Waals surface area contributed by atoms with Crippen molar-refractivity contribution in [3.8, 4) is 11.2 Å². The molecule has 1 fully saturated rings. The second-order valence-corrected chi connectivity index (χ2v) is 5.27. The fraction of sp³-hybridized carbons (Fsp3) is 0.750. The van der Waals surface area contributed by atoms with Gasteiger partial charge in [-0.25, -0.2) is 0 Å². The van der Waals surface area contributed by atoms with Crippen molar-refractivity contribution in [3.05, 3.63) is 0 Å². The van der Waals surface area contributed by atoms with Crippen molar-refractivity contribution in [1.82, 2.24) is 4.90 Å². The summed E-state index contributed by atoms with van der Waals surface area (Å²) >= 11 is 0. The van der Waals surface area contributed by atoms with E-state index in [4.69, 9.17) is 10.7 Å². The lowest BCUT2D eigenvalue weighted by molar-refractivity contribution is 0.313. The van der Waals surface area contributed by atoms with E-state index in [-0.39, 0.29) is 6.04 Å². The molecule has 0 aromatic carbocycles. The number of hydrogen-bond acceptors (Lipinski definition) is 3. The first kappa shape index (κ1) is 10.8. The van der Waals surface area contributed by atoms with Crippen LogP contribution in [-0.2, 0) is 9.05 Å².